The molecule has 1 heterocycles. The Hall–Kier alpha value is -2.61. The molecular formula is C16H16N2O3. The maximum absolute atomic E-state index is 12.2. The van der Waals surface area contributed by atoms with Gasteiger partial charge >= 0.3 is 5.97 Å². The Labute approximate surface area is 123 Å². The van der Waals surface area contributed by atoms with E-state index < -0.39 is 6.04 Å². The molecule has 108 valence electrons. The smallest absolute Gasteiger partial charge is 0.305 e. The molecule has 1 aliphatic heterocycles. The Kier molecular flexibility index (Phi) is 4.72. The first kappa shape index (κ1) is 14.8. The van der Waals surface area contributed by atoms with Gasteiger partial charge in [-0.3, -0.25) is 14.5 Å². The summed E-state index contributed by atoms with van der Waals surface area (Å²) in [4.78, 5) is 24.6. The van der Waals surface area contributed by atoms with E-state index in [0.717, 1.165) is 11.1 Å². The predicted octanol–water partition coefficient (Wildman–Crippen LogP) is 2.41. The van der Waals surface area contributed by atoms with E-state index in [1.54, 1.807) is 19.2 Å². The fraction of sp³-hybridized carbons (Fsp3) is 0.312. The van der Waals surface area contributed by atoms with Crippen LogP contribution < -0.4 is 0 Å². The zero-order chi connectivity index (χ0) is 15.2. The minimum Gasteiger partial charge on any atom is -0.465 e. The van der Waals surface area contributed by atoms with Crippen molar-refractivity contribution in [2.45, 2.75) is 25.8 Å². The first-order valence-electron chi connectivity index (χ1n) is 6.81. The molecule has 0 N–H and O–H groups in total. The molecule has 0 aromatic heterocycles. The van der Waals surface area contributed by atoms with Crippen molar-refractivity contribution in [1.82, 2.24) is 4.90 Å². The molecule has 1 aromatic rings. The molecule has 2 rings (SSSR count). The molecule has 0 fully saturated rings. The Morgan fingerprint density at radius 2 is 2.14 bits per heavy atom. The number of carbonyl (C=O) groups excluding carboxylic acids is 2. The summed E-state index contributed by atoms with van der Waals surface area (Å²) in [6, 6.07) is 8.98. The lowest BCUT2D eigenvalue weighted by Gasteiger charge is -2.28. The second-order valence-electron chi connectivity index (χ2n) is 4.60. The standard InChI is InChI=1S/C16H16N2O3/c1-2-16(20)21-10-8-15(19)18-9-7-12-5-3-4-6-13(12)14(18)11-17/h3-7,9,14H,2,8,10H2,1H3/t14-/m1/s1. The van der Waals surface area contributed by atoms with Crippen LogP contribution in [0.3, 0.4) is 0 Å². The number of esters is 1. The molecular weight excluding hydrogens is 268 g/mol. The topological polar surface area (TPSA) is 70.4 Å². The minimum atomic E-state index is -0.638. The zero-order valence-electron chi connectivity index (χ0n) is 11.8. The molecule has 21 heavy (non-hydrogen) atoms. The summed E-state index contributed by atoms with van der Waals surface area (Å²) >= 11 is 0. The molecule has 0 spiro atoms. The second-order valence-corrected chi connectivity index (χ2v) is 4.60. The number of hydrogen-bond donors (Lipinski definition) is 0. The van der Waals surface area contributed by atoms with Gasteiger partial charge in [-0.1, -0.05) is 31.2 Å². The number of carbonyl (C=O) groups is 2. The van der Waals surface area contributed by atoms with Crippen LogP contribution in [-0.4, -0.2) is 23.4 Å². The van der Waals surface area contributed by atoms with Gasteiger partial charge in [0.05, 0.1) is 12.5 Å². The van der Waals surface area contributed by atoms with Crippen LogP contribution in [0.4, 0.5) is 0 Å². The predicted molar refractivity (Wildman–Crippen MR) is 76.5 cm³/mol. The molecule has 5 nitrogen and oxygen atoms in total. The van der Waals surface area contributed by atoms with Crippen molar-refractivity contribution in [2.24, 2.45) is 0 Å². The van der Waals surface area contributed by atoms with Crippen molar-refractivity contribution < 1.29 is 14.3 Å². The lowest BCUT2D eigenvalue weighted by Crippen LogP contribution is -2.32. The van der Waals surface area contributed by atoms with Gasteiger partial charge in [0, 0.05) is 12.6 Å². The van der Waals surface area contributed by atoms with Crippen LogP contribution in [0.5, 0.6) is 0 Å². The summed E-state index contributed by atoms with van der Waals surface area (Å²) in [7, 11) is 0. The van der Waals surface area contributed by atoms with Crippen LogP contribution in [0.2, 0.25) is 0 Å². The molecule has 0 radical (unpaired) electrons. The second kappa shape index (κ2) is 6.71. The number of amides is 1. The van der Waals surface area contributed by atoms with Crippen molar-refractivity contribution in [3.8, 4) is 6.07 Å². The van der Waals surface area contributed by atoms with Crippen molar-refractivity contribution in [1.29, 1.82) is 5.26 Å². The van der Waals surface area contributed by atoms with Crippen LogP contribution in [0.15, 0.2) is 30.5 Å². The highest BCUT2D eigenvalue weighted by atomic mass is 16.5. The number of hydrogen-bond acceptors (Lipinski definition) is 4. The Morgan fingerprint density at radius 3 is 2.86 bits per heavy atom. The number of nitriles is 1. The van der Waals surface area contributed by atoms with E-state index in [0.29, 0.717) is 0 Å². The van der Waals surface area contributed by atoms with Crippen molar-refractivity contribution in [2.75, 3.05) is 6.61 Å². The highest BCUT2D eigenvalue weighted by molar-refractivity contribution is 5.81. The largest absolute Gasteiger partial charge is 0.465 e. The SMILES string of the molecule is CCC(=O)OCCC(=O)N1C=Cc2ccccc2[C@H]1C#N. The van der Waals surface area contributed by atoms with Crippen LogP contribution in [0, 0.1) is 11.3 Å². The van der Waals surface area contributed by atoms with Gasteiger partial charge < -0.3 is 4.74 Å². The molecule has 1 atom stereocenters. The third kappa shape index (κ3) is 3.29. The minimum absolute atomic E-state index is 0.0373. The number of nitrogens with zero attached hydrogens (tertiary/aromatic N) is 2. The van der Waals surface area contributed by atoms with Crippen molar-refractivity contribution >= 4 is 18.0 Å². The van der Waals surface area contributed by atoms with Crippen molar-refractivity contribution in [3.63, 3.8) is 0 Å². The molecule has 1 aromatic carbocycles. The molecule has 0 saturated carbocycles. The lowest BCUT2D eigenvalue weighted by molar-refractivity contribution is -0.144. The molecule has 1 amide bonds. The van der Waals surface area contributed by atoms with Gasteiger partial charge in [-0.25, -0.2) is 0 Å². The summed E-state index contributed by atoms with van der Waals surface area (Å²) in [5, 5.41) is 9.35. The van der Waals surface area contributed by atoms with Gasteiger partial charge in [-0.2, -0.15) is 5.26 Å². The molecule has 0 saturated heterocycles. The Bertz CT molecular complexity index is 616. The monoisotopic (exact) mass is 284 g/mol. The van der Waals surface area contributed by atoms with Crippen LogP contribution in [0.1, 0.15) is 36.9 Å². The molecule has 0 bridgehead atoms. The maximum Gasteiger partial charge on any atom is 0.305 e. The van der Waals surface area contributed by atoms with E-state index in [1.807, 2.05) is 24.3 Å². The van der Waals surface area contributed by atoms with E-state index in [-0.39, 0.29) is 31.3 Å². The summed E-state index contributed by atoms with van der Waals surface area (Å²) in [6.45, 7) is 1.73. The van der Waals surface area contributed by atoms with E-state index in [1.165, 1.54) is 4.90 Å². The molecule has 5 heteroatoms. The maximum atomic E-state index is 12.2. The fourth-order valence-corrected chi connectivity index (χ4v) is 2.15. The van der Waals surface area contributed by atoms with E-state index >= 15 is 0 Å². The first-order valence-corrected chi connectivity index (χ1v) is 6.81. The number of fused-ring (bicyclic) bond motifs is 1. The third-order valence-corrected chi connectivity index (χ3v) is 3.26. The van der Waals surface area contributed by atoms with Crippen molar-refractivity contribution in [3.05, 3.63) is 41.6 Å². The third-order valence-electron chi connectivity index (χ3n) is 3.26. The van der Waals surface area contributed by atoms with Crippen LogP contribution in [0.25, 0.3) is 6.08 Å². The average molecular weight is 284 g/mol. The van der Waals surface area contributed by atoms with E-state index in [2.05, 4.69) is 6.07 Å². The zero-order valence-corrected chi connectivity index (χ0v) is 11.8. The summed E-state index contributed by atoms with van der Waals surface area (Å²) in [5.74, 6) is -0.574. The van der Waals surface area contributed by atoms with E-state index in [4.69, 9.17) is 4.74 Å². The van der Waals surface area contributed by atoms with E-state index in [9.17, 15) is 14.9 Å². The number of rotatable bonds is 4. The highest BCUT2D eigenvalue weighted by Gasteiger charge is 2.27. The number of benzene rings is 1. The molecule has 1 aliphatic rings. The van der Waals surface area contributed by atoms with Gasteiger partial charge in [-0.05, 0) is 17.2 Å². The first-order chi connectivity index (χ1) is 10.2. The van der Waals surface area contributed by atoms with Gasteiger partial charge in [0.2, 0.25) is 5.91 Å². The highest BCUT2D eigenvalue weighted by Crippen LogP contribution is 2.29. The summed E-state index contributed by atoms with van der Waals surface area (Å²) in [6.07, 6.45) is 3.77. The molecule has 0 aliphatic carbocycles. The van der Waals surface area contributed by atoms with Gasteiger partial charge in [-0.15, -0.1) is 0 Å². The Balaban J connectivity index is 2.06. The fourth-order valence-electron chi connectivity index (χ4n) is 2.15. The normalized spacial score (nSPS) is 16.0. The quantitative estimate of drug-likeness (QED) is 0.796. The lowest BCUT2D eigenvalue weighted by atomic mass is 9.97. The average Bonchev–Trinajstić information content (AvgIpc) is 2.53. The molecule has 0 unspecified atom stereocenters. The summed E-state index contributed by atoms with van der Waals surface area (Å²) < 4.78 is 4.90. The van der Waals surface area contributed by atoms with Crippen LogP contribution >= 0.6 is 0 Å². The Morgan fingerprint density at radius 1 is 1.38 bits per heavy atom. The number of ether oxygens (including phenoxy) is 1. The van der Waals surface area contributed by atoms with Gasteiger partial charge in [0.25, 0.3) is 0 Å². The van der Waals surface area contributed by atoms with Gasteiger partial charge in [0.1, 0.15) is 12.6 Å². The van der Waals surface area contributed by atoms with Gasteiger partial charge in [0.15, 0.2) is 0 Å². The van der Waals surface area contributed by atoms with Crippen LogP contribution in [-0.2, 0) is 14.3 Å². The summed E-state index contributed by atoms with van der Waals surface area (Å²) in [5.41, 5.74) is 1.74.